The molecule has 8 nitrogen and oxygen atoms in total. The third-order valence-electron chi connectivity index (χ3n) is 6.73. The largest absolute Gasteiger partial charge is 0.337 e. The number of amides is 2. The van der Waals surface area contributed by atoms with Crippen LogP contribution in [0.15, 0.2) is 41.2 Å². The Morgan fingerprint density at radius 1 is 1.12 bits per heavy atom. The lowest BCUT2D eigenvalue weighted by Gasteiger charge is -2.35. The molecule has 1 saturated heterocycles. The van der Waals surface area contributed by atoms with Crippen LogP contribution in [0.5, 0.6) is 0 Å². The van der Waals surface area contributed by atoms with Gasteiger partial charge in [0.1, 0.15) is 0 Å². The van der Waals surface area contributed by atoms with Gasteiger partial charge in [0.05, 0.1) is 29.5 Å². The zero-order valence-corrected chi connectivity index (χ0v) is 19.1. The number of hydrogen-bond donors (Lipinski definition) is 1. The summed E-state index contributed by atoms with van der Waals surface area (Å²) < 4.78 is 1.47. The number of nitrogens with zero attached hydrogens (tertiary/aromatic N) is 4. The van der Waals surface area contributed by atoms with Crippen LogP contribution in [-0.4, -0.2) is 49.3 Å². The first-order chi connectivity index (χ1) is 15.9. The summed E-state index contributed by atoms with van der Waals surface area (Å²) in [5.41, 5.74) is 3.22. The molecule has 172 valence electrons. The van der Waals surface area contributed by atoms with E-state index in [0.29, 0.717) is 36.3 Å². The van der Waals surface area contributed by atoms with Gasteiger partial charge < -0.3 is 9.80 Å². The molecule has 2 aliphatic heterocycles. The molecule has 2 aliphatic rings. The van der Waals surface area contributed by atoms with E-state index in [1.165, 1.54) is 4.52 Å². The normalized spacial score (nSPS) is 18.6. The fourth-order valence-electron chi connectivity index (χ4n) is 4.97. The number of H-pyrrole nitrogens is 1. The molecule has 1 fully saturated rings. The summed E-state index contributed by atoms with van der Waals surface area (Å²) in [7, 11) is 0. The SMILES string of the molecule is CC(C)C(=O)N1CCc2nc3cc([C@H]4CCCCN4C(=O)c4ccccc4)[nH]n3c(=O)c2C1. The molecule has 1 N–H and O–H groups in total. The molecule has 0 unspecified atom stereocenters. The third kappa shape index (κ3) is 3.83. The first kappa shape index (κ1) is 21.4. The number of likely N-dealkylation sites (tertiary alicyclic amines) is 1. The van der Waals surface area contributed by atoms with E-state index in [0.717, 1.165) is 30.7 Å². The van der Waals surface area contributed by atoms with Gasteiger partial charge in [-0.25, -0.2) is 9.50 Å². The summed E-state index contributed by atoms with van der Waals surface area (Å²) in [5, 5.41) is 3.23. The monoisotopic (exact) mass is 447 g/mol. The molecule has 1 aromatic carbocycles. The Hall–Kier alpha value is -3.42. The number of benzene rings is 1. The van der Waals surface area contributed by atoms with Crippen molar-refractivity contribution in [3.8, 4) is 0 Å². The first-order valence-corrected chi connectivity index (χ1v) is 11.7. The number of aromatic nitrogens is 3. The van der Waals surface area contributed by atoms with Gasteiger partial charge in [-0.15, -0.1) is 0 Å². The molecular formula is C25H29N5O3. The van der Waals surface area contributed by atoms with E-state index < -0.39 is 0 Å². The fraction of sp³-hybridized carbons (Fsp3) is 0.440. The van der Waals surface area contributed by atoms with Crippen molar-refractivity contribution in [1.29, 1.82) is 0 Å². The zero-order valence-electron chi connectivity index (χ0n) is 19.1. The molecule has 2 amide bonds. The van der Waals surface area contributed by atoms with Gasteiger partial charge in [0.25, 0.3) is 11.5 Å². The fourth-order valence-corrected chi connectivity index (χ4v) is 4.97. The highest BCUT2D eigenvalue weighted by Crippen LogP contribution is 2.32. The zero-order chi connectivity index (χ0) is 23.1. The molecule has 0 radical (unpaired) electrons. The Labute approximate surface area is 192 Å². The van der Waals surface area contributed by atoms with E-state index in [1.807, 2.05) is 55.1 Å². The van der Waals surface area contributed by atoms with E-state index in [1.54, 1.807) is 4.90 Å². The topological polar surface area (TPSA) is 90.8 Å². The van der Waals surface area contributed by atoms with E-state index >= 15 is 0 Å². The minimum absolute atomic E-state index is 0.00129. The molecule has 3 aromatic rings. The van der Waals surface area contributed by atoms with Crippen LogP contribution < -0.4 is 5.56 Å². The summed E-state index contributed by atoms with van der Waals surface area (Å²) in [6.45, 7) is 5.29. The lowest BCUT2D eigenvalue weighted by Crippen LogP contribution is -2.42. The second-order valence-corrected chi connectivity index (χ2v) is 9.29. The van der Waals surface area contributed by atoms with Crippen molar-refractivity contribution in [1.82, 2.24) is 24.4 Å². The van der Waals surface area contributed by atoms with Crippen molar-refractivity contribution in [2.75, 3.05) is 13.1 Å². The van der Waals surface area contributed by atoms with Crippen LogP contribution in [0.2, 0.25) is 0 Å². The number of aromatic amines is 1. The van der Waals surface area contributed by atoms with Crippen LogP contribution in [0.3, 0.4) is 0 Å². The van der Waals surface area contributed by atoms with Gasteiger partial charge in [-0.1, -0.05) is 32.0 Å². The summed E-state index contributed by atoms with van der Waals surface area (Å²) in [6.07, 6.45) is 3.38. The molecule has 4 heterocycles. The van der Waals surface area contributed by atoms with Gasteiger partial charge in [0, 0.05) is 37.1 Å². The molecule has 8 heteroatoms. The highest BCUT2D eigenvalue weighted by Gasteiger charge is 2.31. The molecule has 33 heavy (non-hydrogen) atoms. The molecule has 0 aliphatic carbocycles. The highest BCUT2D eigenvalue weighted by atomic mass is 16.2. The van der Waals surface area contributed by atoms with Gasteiger partial charge in [0.2, 0.25) is 5.91 Å². The second kappa shape index (κ2) is 8.50. The second-order valence-electron chi connectivity index (χ2n) is 9.29. The van der Waals surface area contributed by atoms with Crippen LogP contribution in [0.1, 0.15) is 66.5 Å². The smallest absolute Gasteiger partial charge is 0.277 e. The maximum Gasteiger partial charge on any atom is 0.277 e. The van der Waals surface area contributed by atoms with Gasteiger partial charge in [0.15, 0.2) is 5.65 Å². The molecule has 0 saturated carbocycles. The van der Waals surface area contributed by atoms with E-state index in [-0.39, 0.29) is 35.9 Å². The van der Waals surface area contributed by atoms with Crippen LogP contribution in [0.4, 0.5) is 0 Å². The number of fused-ring (bicyclic) bond motifs is 2. The van der Waals surface area contributed by atoms with Crippen molar-refractivity contribution in [3.63, 3.8) is 0 Å². The molecular weight excluding hydrogens is 418 g/mol. The summed E-state index contributed by atoms with van der Waals surface area (Å²) in [4.78, 5) is 47.4. The van der Waals surface area contributed by atoms with Crippen LogP contribution in [0.25, 0.3) is 5.65 Å². The lowest BCUT2D eigenvalue weighted by molar-refractivity contribution is -0.135. The minimum Gasteiger partial charge on any atom is -0.337 e. The maximum absolute atomic E-state index is 13.3. The van der Waals surface area contributed by atoms with Gasteiger partial charge in [-0.3, -0.25) is 19.5 Å². The van der Waals surface area contributed by atoms with Crippen molar-refractivity contribution in [2.24, 2.45) is 5.92 Å². The quantitative estimate of drug-likeness (QED) is 0.668. The van der Waals surface area contributed by atoms with Crippen molar-refractivity contribution < 1.29 is 9.59 Å². The third-order valence-corrected chi connectivity index (χ3v) is 6.73. The van der Waals surface area contributed by atoms with E-state index in [2.05, 4.69) is 5.10 Å². The van der Waals surface area contributed by atoms with Gasteiger partial charge >= 0.3 is 0 Å². The summed E-state index contributed by atoms with van der Waals surface area (Å²) in [5.74, 6) is -0.0569. The molecule has 0 spiro atoms. The number of nitrogens with one attached hydrogen (secondary N) is 1. The summed E-state index contributed by atoms with van der Waals surface area (Å²) in [6, 6.07) is 11.1. The average Bonchev–Trinajstić information content (AvgIpc) is 3.28. The maximum atomic E-state index is 13.3. The molecule has 1 atom stereocenters. The van der Waals surface area contributed by atoms with Crippen LogP contribution in [0, 0.1) is 5.92 Å². The first-order valence-electron chi connectivity index (χ1n) is 11.7. The Bertz CT molecular complexity index is 1260. The van der Waals surface area contributed by atoms with Crippen LogP contribution >= 0.6 is 0 Å². The minimum atomic E-state index is -0.167. The Balaban J connectivity index is 1.49. The lowest BCUT2D eigenvalue weighted by atomic mass is 9.98. The number of hydrogen-bond acceptors (Lipinski definition) is 4. The van der Waals surface area contributed by atoms with Crippen molar-refractivity contribution >= 4 is 17.5 Å². The Morgan fingerprint density at radius 2 is 1.91 bits per heavy atom. The van der Waals surface area contributed by atoms with Crippen molar-refractivity contribution in [2.45, 2.75) is 52.1 Å². The number of carbonyl (C=O) groups excluding carboxylic acids is 2. The Kier molecular flexibility index (Phi) is 5.52. The molecule has 0 bridgehead atoms. The predicted molar refractivity (Wildman–Crippen MR) is 124 cm³/mol. The molecule has 2 aromatic heterocycles. The Morgan fingerprint density at radius 3 is 2.67 bits per heavy atom. The standard InChI is InChI=1S/C25H29N5O3/c1-16(2)23(31)28-13-11-19-18(15-28)25(33)30-22(26-19)14-20(27-30)21-10-6-7-12-29(21)24(32)17-8-4-3-5-9-17/h3-5,8-9,14,16,21,27H,6-7,10-13,15H2,1-2H3/t21-/m1/s1. The predicted octanol–water partition coefficient (Wildman–Crippen LogP) is 2.93. The van der Waals surface area contributed by atoms with E-state index in [4.69, 9.17) is 4.98 Å². The summed E-state index contributed by atoms with van der Waals surface area (Å²) >= 11 is 0. The highest BCUT2D eigenvalue weighted by molar-refractivity contribution is 5.94. The number of carbonyl (C=O) groups is 2. The average molecular weight is 448 g/mol. The number of rotatable bonds is 3. The van der Waals surface area contributed by atoms with Crippen molar-refractivity contribution in [3.05, 3.63) is 69.3 Å². The molecule has 5 rings (SSSR count). The van der Waals surface area contributed by atoms with Gasteiger partial charge in [-0.2, -0.15) is 0 Å². The van der Waals surface area contributed by atoms with Gasteiger partial charge in [-0.05, 0) is 31.4 Å². The van der Waals surface area contributed by atoms with Crippen LogP contribution in [-0.2, 0) is 17.8 Å². The van der Waals surface area contributed by atoms with E-state index in [9.17, 15) is 14.4 Å². The number of piperidine rings is 1.